The van der Waals surface area contributed by atoms with Gasteiger partial charge < -0.3 is 29.7 Å². The lowest BCUT2D eigenvalue weighted by Gasteiger charge is -2.47. The molecule has 2 aromatic carbocycles. The summed E-state index contributed by atoms with van der Waals surface area (Å²) in [6, 6.07) is 13.8. The summed E-state index contributed by atoms with van der Waals surface area (Å²) in [5.41, 5.74) is -1.21. The summed E-state index contributed by atoms with van der Waals surface area (Å²) in [5, 5.41) is 8.65. The molecule has 5 atom stereocenters. The molecule has 3 amide bonds. The molecule has 3 heterocycles. The van der Waals surface area contributed by atoms with E-state index in [9.17, 15) is 19.2 Å². The summed E-state index contributed by atoms with van der Waals surface area (Å²) in [5.74, 6) is -1.14. The molecule has 50 heavy (non-hydrogen) atoms. The molecule has 3 aromatic rings. The Morgan fingerprint density at radius 1 is 1.00 bits per heavy atom. The van der Waals surface area contributed by atoms with Crippen LogP contribution in [0.15, 0.2) is 60.7 Å². The summed E-state index contributed by atoms with van der Waals surface area (Å²) in [6.45, 7) is 7.30. The second-order valence-corrected chi connectivity index (χ2v) is 14.6. The number of carbonyl (C=O) groups is 4. The molecule has 11 nitrogen and oxygen atoms in total. The van der Waals surface area contributed by atoms with Crippen LogP contribution in [-0.2, 0) is 23.9 Å². The number of carbonyl (C=O) groups excluding carboxylic acids is 4. The summed E-state index contributed by atoms with van der Waals surface area (Å²) >= 11 is 0. The fraction of sp³-hybridized carbons (Fsp3) is 0.513. The molecule has 3 aliphatic rings. The monoisotopic (exact) mass is 684 g/mol. The number of fused-ring (bicyclic) bond motifs is 5. The van der Waals surface area contributed by atoms with Gasteiger partial charge in [-0.25, -0.2) is 14.6 Å². The Morgan fingerprint density at radius 2 is 1.74 bits per heavy atom. The number of benzene rings is 2. The number of pyridine rings is 1. The summed E-state index contributed by atoms with van der Waals surface area (Å²) in [6.07, 6.45) is 7.71. The first kappa shape index (κ1) is 35.2. The molecule has 266 valence electrons. The van der Waals surface area contributed by atoms with E-state index in [2.05, 4.69) is 16.7 Å². The van der Waals surface area contributed by atoms with Gasteiger partial charge in [0.25, 0.3) is 0 Å². The highest BCUT2D eigenvalue weighted by atomic mass is 16.6. The number of nitrogens with zero attached hydrogens (tertiary/aromatic N) is 2. The van der Waals surface area contributed by atoms with Gasteiger partial charge >= 0.3 is 12.1 Å². The lowest BCUT2D eigenvalue weighted by atomic mass is 9.66. The van der Waals surface area contributed by atoms with Gasteiger partial charge in [-0.05, 0) is 77.3 Å². The van der Waals surface area contributed by atoms with Crippen molar-refractivity contribution in [1.29, 1.82) is 0 Å². The highest BCUT2D eigenvalue weighted by Crippen LogP contribution is 2.42. The van der Waals surface area contributed by atoms with Gasteiger partial charge in [-0.2, -0.15) is 0 Å². The zero-order valence-electron chi connectivity index (χ0n) is 29.4. The van der Waals surface area contributed by atoms with Crippen molar-refractivity contribution in [3.8, 4) is 5.88 Å². The third-order valence-electron chi connectivity index (χ3n) is 9.89. The van der Waals surface area contributed by atoms with Gasteiger partial charge in [-0.15, -0.1) is 0 Å². The van der Waals surface area contributed by atoms with Crippen LogP contribution in [0.25, 0.3) is 21.7 Å². The van der Waals surface area contributed by atoms with Crippen molar-refractivity contribution in [2.24, 2.45) is 5.92 Å². The van der Waals surface area contributed by atoms with E-state index in [1.54, 1.807) is 27.7 Å². The van der Waals surface area contributed by atoms with Crippen LogP contribution in [0.3, 0.4) is 0 Å². The molecule has 1 aliphatic carbocycles. The molecule has 1 aromatic heterocycles. The molecule has 0 spiro atoms. The van der Waals surface area contributed by atoms with Crippen LogP contribution in [0.1, 0.15) is 79.1 Å². The van der Waals surface area contributed by atoms with Gasteiger partial charge in [0.05, 0.1) is 18.7 Å². The van der Waals surface area contributed by atoms with Crippen LogP contribution in [0.5, 0.6) is 5.88 Å². The summed E-state index contributed by atoms with van der Waals surface area (Å²) < 4.78 is 17.6. The number of alkyl carbamates (subject to hydrolysis) is 1. The first-order valence-corrected chi connectivity index (χ1v) is 17.9. The fourth-order valence-corrected chi connectivity index (χ4v) is 7.33. The number of para-hydroxylation sites is 1. The topological polar surface area (TPSA) is 136 Å². The fourth-order valence-electron chi connectivity index (χ4n) is 7.33. The molecule has 0 radical (unpaired) electrons. The van der Waals surface area contributed by atoms with Crippen LogP contribution in [0.4, 0.5) is 4.79 Å². The Balaban J connectivity index is 1.35. The van der Waals surface area contributed by atoms with Crippen molar-refractivity contribution >= 4 is 45.6 Å². The Bertz CT molecular complexity index is 1790. The van der Waals surface area contributed by atoms with Gasteiger partial charge in [0.2, 0.25) is 17.7 Å². The van der Waals surface area contributed by atoms with Gasteiger partial charge in [-0.3, -0.25) is 9.59 Å². The molecule has 2 aliphatic heterocycles. The third kappa shape index (κ3) is 7.41. The number of ether oxygens (including phenoxy) is 3. The first-order valence-electron chi connectivity index (χ1n) is 17.9. The maximum absolute atomic E-state index is 14.5. The number of allylic oxidation sites excluding steroid dienone is 1. The van der Waals surface area contributed by atoms with Crippen molar-refractivity contribution in [2.75, 3.05) is 13.2 Å². The second-order valence-electron chi connectivity index (χ2n) is 14.6. The molecule has 2 fully saturated rings. The lowest BCUT2D eigenvalue weighted by molar-refractivity contribution is -0.161. The normalized spacial score (nSPS) is 26.1. The molecule has 2 N–H and O–H groups in total. The smallest absolute Gasteiger partial charge is 0.408 e. The first-order chi connectivity index (χ1) is 24.0. The molecule has 5 unspecified atom stereocenters. The number of rotatable bonds is 5. The van der Waals surface area contributed by atoms with Crippen molar-refractivity contribution in [3.63, 3.8) is 0 Å². The van der Waals surface area contributed by atoms with Crippen molar-refractivity contribution in [3.05, 3.63) is 60.7 Å². The van der Waals surface area contributed by atoms with E-state index >= 15 is 0 Å². The van der Waals surface area contributed by atoms with Crippen molar-refractivity contribution in [1.82, 2.24) is 20.5 Å². The van der Waals surface area contributed by atoms with E-state index in [1.807, 2.05) is 54.6 Å². The van der Waals surface area contributed by atoms with Crippen molar-refractivity contribution in [2.45, 2.75) is 108 Å². The number of esters is 1. The van der Waals surface area contributed by atoms with Gasteiger partial charge in [0.1, 0.15) is 29.3 Å². The summed E-state index contributed by atoms with van der Waals surface area (Å²) in [4.78, 5) is 61.6. The van der Waals surface area contributed by atoms with Gasteiger partial charge in [0.15, 0.2) is 0 Å². The third-order valence-corrected chi connectivity index (χ3v) is 9.89. The largest absolute Gasteiger partial charge is 0.472 e. The number of aromatic nitrogens is 1. The number of nitrogens with one attached hydrogen (secondary N) is 2. The SMILES string of the molecule is CCOC(=O)C12CCC1C=CCCCCCC(NC(=O)OC(C)(C)C)C(=O)N1CC(Oc3nc4ccccc4c4ccccc34)CC1C(=O)N2. The second kappa shape index (κ2) is 14.7. The van der Waals surface area contributed by atoms with Crippen LogP contribution >= 0.6 is 0 Å². The average molecular weight is 685 g/mol. The van der Waals surface area contributed by atoms with E-state index in [1.165, 1.54) is 4.90 Å². The van der Waals surface area contributed by atoms with Crippen molar-refractivity contribution < 1.29 is 33.4 Å². The van der Waals surface area contributed by atoms with Gasteiger partial charge in [-0.1, -0.05) is 61.4 Å². The number of hydrogen-bond donors (Lipinski definition) is 2. The maximum atomic E-state index is 14.5. The minimum Gasteiger partial charge on any atom is -0.472 e. The molecule has 1 saturated carbocycles. The minimum atomic E-state index is -1.22. The Morgan fingerprint density at radius 3 is 2.46 bits per heavy atom. The van der Waals surface area contributed by atoms with E-state index in [4.69, 9.17) is 19.2 Å². The van der Waals surface area contributed by atoms with Crippen LogP contribution in [0.2, 0.25) is 0 Å². The highest BCUT2D eigenvalue weighted by Gasteiger charge is 2.55. The Labute approximate surface area is 293 Å². The average Bonchev–Trinajstić information content (AvgIpc) is 3.49. The van der Waals surface area contributed by atoms with E-state index in [0.29, 0.717) is 25.1 Å². The van der Waals surface area contributed by atoms with Gasteiger partial charge in [0, 0.05) is 23.1 Å². The van der Waals surface area contributed by atoms with Crippen LogP contribution in [-0.4, -0.2) is 76.2 Å². The van der Waals surface area contributed by atoms with Crippen LogP contribution < -0.4 is 15.4 Å². The predicted molar refractivity (Wildman–Crippen MR) is 189 cm³/mol. The minimum absolute atomic E-state index is 0.0853. The zero-order chi connectivity index (χ0) is 35.5. The predicted octanol–water partition coefficient (Wildman–Crippen LogP) is 5.98. The lowest BCUT2D eigenvalue weighted by Crippen LogP contribution is -2.67. The quantitative estimate of drug-likeness (QED) is 0.191. The molecule has 1 saturated heterocycles. The molecule has 6 rings (SSSR count). The Hall–Kier alpha value is -4.67. The molecule has 11 heteroatoms. The highest BCUT2D eigenvalue weighted by molar-refractivity contribution is 6.07. The Kier molecular flexibility index (Phi) is 10.3. The van der Waals surface area contributed by atoms with E-state index in [0.717, 1.165) is 47.4 Å². The summed E-state index contributed by atoms with van der Waals surface area (Å²) in [7, 11) is 0. The maximum Gasteiger partial charge on any atom is 0.408 e. The zero-order valence-corrected chi connectivity index (χ0v) is 29.4. The molecule has 0 bridgehead atoms. The standard InChI is InChI=1S/C39H48N4O7/c1-5-48-36(46)39-22-21-25(39)15-9-7-6-8-10-20-31(41-37(47)50-38(2,3)4)35(45)43-24-26(23-32(43)33(44)42-39)49-34-29-18-12-11-16-27(29)28-17-13-14-19-30(28)40-34/h9,11-19,25-26,31-32H,5-8,10,20-24H2,1-4H3,(H,41,47)(H,42,44). The van der Waals surface area contributed by atoms with Crippen LogP contribution in [0, 0.1) is 5.92 Å². The molecular formula is C39H48N4O7. The number of hydrogen-bond acceptors (Lipinski definition) is 8. The molecular weight excluding hydrogens is 636 g/mol. The number of amides is 3. The van der Waals surface area contributed by atoms with E-state index < -0.39 is 53.2 Å². The van der Waals surface area contributed by atoms with E-state index in [-0.39, 0.29) is 25.5 Å².